The highest BCUT2D eigenvalue weighted by molar-refractivity contribution is 5.51. The third-order valence-corrected chi connectivity index (χ3v) is 6.01. The van der Waals surface area contributed by atoms with Crippen LogP contribution in [0.4, 0.5) is 17.6 Å². The van der Waals surface area contributed by atoms with Crippen molar-refractivity contribution in [2.45, 2.75) is 44.6 Å². The molecule has 0 radical (unpaired) electrons. The fourth-order valence-electron chi connectivity index (χ4n) is 4.19. The molecule has 0 N–H and O–H groups in total. The molecule has 1 atom stereocenters. The van der Waals surface area contributed by atoms with Crippen LogP contribution in [0.1, 0.15) is 61.3 Å². The van der Waals surface area contributed by atoms with Crippen molar-refractivity contribution in [3.63, 3.8) is 0 Å². The SMILES string of the molecule is C/C=C/c1ccc(OCC2CCC(c3ccc(C4CO4)c(F)c3F)CC2)c(F)c1F. The number of hydrogen-bond acceptors (Lipinski definition) is 2. The number of epoxide rings is 1. The lowest BCUT2D eigenvalue weighted by Gasteiger charge is -2.29. The molecule has 30 heavy (non-hydrogen) atoms. The minimum atomic E-state index is -0.989. The first kappa shape index (κ1) is 20.9. The van der Waals surface area contributed by atoms with E-state index in [0.29, 0.717) is 25.0 Å². The van der Waals surface area contributed by atoms with Gasteiger partial charge in [0.1, 0.15) is 6.10 Å². The highest BCUT2D eigenvalue weighted by atomic mass is 19.2. The first-order chi connectivity index (χ1) is 14.5. The Balaban J connectivity index is 1.34. The molecule has 1 saturated carbocycles. The Morgan fingerprint density at radius 1 is 0.900 bits per heavy atom. The molecule has 160 valence electrons. The topological polar surface area (TPSA) is 21.8 Å². The number of allylic oxidation sites excluding steroid dienone is 1. The minimum Gasteiger partial charge on any atom is -0.490 e. The van der Waals surface area contributed by atoms with E-state index in [1.165, 1.54) is 18.2 Å². The molecule has 0 aromatic heterocycles. The lowest BCUT2D eigenvalue weighted by Crippen LogP contribution is -2.20. The second kappa shape index (κ2) is 8.80. The second-order valence-corrected chi connectivity index (χ2v) is 8.00. The molecule has 1 saturated heterocycles. The summed E-state index contributed by atoms with van der Waals surface area (Å²) >= 11 is 0. The predicted octanol–water partition coefficient (Wildman–Crippen LogP) is 6.70. The van der Waals surface area contributed by atoms with Gasteiger partial charge >= 0.3 is 0 Å². The fourth-order valence-corrected chi connectivity index (χ4v) is 4.19. The normalized spacial score (nSPS) is 23.7. The van der Waals surface area contributed by atoms with E-state index < -0.39 is 23.3 Å². The Kier molecular flexibility index (Phi) is 6.14. The van der Waals surface area contributed by atoms with E-state index in [1.54, 1.807) is 25.1 Å². The number of hydrogen-bond donors (Lipinski definition) is 0. The van der Waals surface area contributed by atoms with E-state index >= 15 is 0 Å². The van der Waals surface area contributed by atoms with Crippen LogP contribution >= 0.6 is 0 Å². The molecule has 0 spiro atoms. The monoisotopic (exact) mass is 420 g/mol. The first-order valence-electron chi connectivity index (χ1n) is 10.3. The zero-order chi connectivity index (χ0) is 21.3. The quantitative estimate of drug-likeness (QED) is 0.383. The van der Waals surface area contributed by atoms with Crippen LogP contribution in [0.25, 0.3) is 6.08 Å². The molecule has 1 aliphatic heterocycles. The Labute approximate surface area is 173 Å². The van der Waals surface area contributed by atoms with E-state index in [4.69, 9.17) is 9.47 Å². The molecular weight excluding hydrogens is 396 g/mol. The van der Waals surface area contributed by atoms with Crippen LogP contribution in [-0.4, -0.2) is 13.2 Å². The van der Waals surface area contributed by atoms with Gasteiger partial charge in [0.15, 0.2) is 23.2 Å². The Bertz CT molecular complexity index is 945. The van der Waals surface area contributed by atoms with Crippen molar-refractivity contribution < 1.29 is 27.0 Å². The molecule has 0 amide bonds. The van der Waals surface area contributed by atoms with Crippen LogP contribution in [0.5, 0.6) is 5.75 Å². The van der Waals surface area contributed by atoms with Crippen molar-refractivity contribution in [1.82, 2.24) is 0 Å². The standard InChI is InChI=1S/C24H24F4O2/c1-2-3-16-8-11-19(24(28)21(16)25)29-12-14-4-6-15(7-5-14)17-9-10-18(20-13-30-20)23(27)22(17)26/h2-3,8-11,14-15,20H,4-7,12-13H2,1H3/b3-2+. The van der Waals surface area contributed by atoms with Gasteiger partial charge in [0, 0.05) is 11.1 Å². The first-order valence-corrected chi connectivity index (χ1v) is 10.3. The molecule has 2 fully saturated rings. The molecule has 2 aromatic carbocycles. The number of benzene rings is 2. The number of halogens is 4. The predicted molar refractivity (Wildman–Crippen MR) is 106 cm³/mol. The third kappa shape index (κ3) is 4.24. The summed E-state index contributed by atoms with van der Waals surface area (Å²) in [6, 6.07) is 6.21. The maximum absolute atomic E-state index is 14.5. The molecule has 4 rings (SSSR count). The van der Waals surface area contributed by atoms with Crippen LogP contribution in [0.15, 0.2) is 30.3 Å². The summed E-state index contributed by atoms with van der Waals surface area (Å²) in [7, 11) is 0. The van der Waals surface area contributed by atoms with E-state index in [-0.39, 0.29) is 41.4 Å². The maximum atomic E-state index is 14.5. The average Bonchev–Trinajstić information content (AvgIpc) is 3.59. The average molecular weight is 420 g/mol. The summed E-state index contributed by atoms with van der Waals surface area (Å²) in [6.07, 6.45) is 5.70. The molecule has 2 aliphatic rings. The lowest BCUT2D eigenvalue weighted by molar-refractivity contribution is 0.191. The summed E-state index contributed by atoms with van der Waals surface area (Å²) in [5.41, 5.74) is 0.869. The van der Waals surface area contributed by atoms with Gasteiger partial charge in [0.25, 0.3) is 0 Å². The van der Waals surface area contributed by atoms with Crippen molar-refractivity contribution in [3.8, 4) is 5.75 Å². The molecule has 2 aromatic rings. The number of ether oxygens (including phenoxy) is 2. The molecular formula is C24H24F4O2. The van der Waals surface area contributed by atoms with E-state index in [2.05, 4.69) is 0 Å². The number of rotatable bonds is 6. The summed E-state index contributed by atoms with van der Waals surface area (Å²) in [5.74, 6) is -3.50. The van der Waals surface area contributed by atoms with Gasteiger partial charge in [-0.15, -0.1) is 0 Å². The van der Waals surface area contributed by atoms with Crippen LogP contribution in [-0.2, 0) is 4.74 Å². The van der Waals surface area contributed by atoms with Crippen LogP contribution in [0, 0.1) is 29.2 Å². The fraction of sp³-hybridized carbons (Fsp3) is 0.417. The van der Waals surface area contributed by atoms with Crippen LogP contribution in [0.3, 0.4) is 0 Å². The maximum Gasteiger partial charge on any atom is 0.201 e. The smallest absolute Gasteiger partial charge is 0.201 e. The van der Waals surface area contributed by atoms with Crippen LogP contribution in [0.2, 0.25) is 0 Å². The van der Waals surface area contributed by atoms with Gasteiger partial charge in [0.05, 0.1) is 13.2 Å². The molecule has 1 unspecified atom stereocenters. The highest BCUT2D eigenvalue weighted by Crippen LogP contribution is 2.40. The van der Waals surface area contributed by atoms with Crippen molar-refractivity contribution in [2.75, 3.05) is 13.2 Å². The van der Waals surface area contributed by atoms with Gasteiger partial charge in [-0.1, -0.05) is 24.3 Å². The van der Waals surface area contributed by atoms with E-state index in [0.717, 1.165) is 12.8 Å². The van der Waals surface area contributed by atoms with Gasteiger partial charge in [-0.3, -0.25) is 0 Å². The van der Waals surface area contributed by atoms with Gasteiger partial charge in [-0.05, 0) is 62.1 Å². The Morgan fingerprint density at radius 3 is 2.23 bits per heavy atom. The van der Waals surface area contributed by atoms with Gasteiger partial charge in [0.2, 0.25) is 5.82 Å². The van der Waals surface area contributed by atoms with E-state index in [1.807, 2.05) is 0 Å². The summed E-state index contributed by atoms with van der Waals surface area (Å²) in [5, 5.41) is 0. The Hall–Kier alpha value is -2.34. The molecule has 1 aliphatic carbocycles. The van der Waals surface area contributed by atoms with Gasteiger partial charge < -0.3 is 9.47 Å². The zero-order valence-corrected chi connectivity index (χ0v) is 16.8. The summed E-state index contributed by atoms with van der Waals surface area (Å²) < 4.78 is 67.6. The minimum absolute atomic E-state index is 0.0563. The molecule has 2 nitrogen and oxygen atoms in total. The van der Waals surface area contributed by atoms with E-state index in [9.17, 15) is 17.6 Å². The van der Waals surface area contributed by atoms with Gasteiger partial charge in [-0.2, -0.15) is 4.39 Å². The van der Waals surface area contributed by atoms with Gasteiger partial charge in [-0.25, -0.2) is 13.2 Å². The largest absolute Gasteiger partial charge is 0.490 e. The molecule has 1 heterocycles. The van der Waals surface area contributed by atoms with Crippen molar-refractivity contribution in [2.24, 2.45) is 5.92 Å². The third-order valence-electron chi connectivity index (χ3n) is 6.01. The molecule has 0 bridgehead atoms. The Morgan fingerprint density at radius 2 is 1.57 bits per heavy atom. The molecule has 6 heteroatoms. The second-order valence-electron chi connectivity index (χ2n) is 8.00. The van der Waals surface area contributed by atoms with Crippen molar-refractivity contribution >= 4 is 6.08 Å². The van der Waals surface area contributed by atoms with Crippen molar-refractivity contribution in [1.29, 1.82) is 0 Å². The zero-order valence-electron chi connectivity index (χ0n) is 16.8. The highest BCUT2D eigenvalue weighted by Gasteiger charge is 2.32. The van der Waals surface area contributed by atoms with Crippen molar-refractivity contribution in [3.05, 3.63) is 70.3 Å². The summed E-state index contributed by atoms with van der Waals surface area (Å²) in [4.78, 5) is 0. The summed E-state index contributed by atoms with van der Waals surface area (Å²) in [6.45, 7) is 2.43. The lowest BCUT2D eigenvalue weighted by atomic mass is 9.78. The van der Waals surface area contributed by atoms with Crippen LogP contribution < -0.4 is 4.74 Å².